The maximum Gasteiger partial charge on any atom is 0.167 e. The van der Waals surface area contributed by atoms with Gasteiger partial charge in [0.2, 0.25) is 0 Å². The summed E-state index contributed by atoms with van der Waals surface area (Å²) in [5, 5.41) is 2.70. The molecule has 0 heterocycles. The van der Waals surface area contributed by atoms with Gasteiger partial charge in [0.1, 0.15) is 5.82 Å². The lowest BCUT2D eigenvalue weighted by Gasteiger charge is -2.07. The molecule has 1 rings (SSSR count). The van der Waals surface area contributed by atoms with E-state index >= 15 is 0 Å². The minimum atomic E-state index is -0.570. The van der Waals surface area contributed by atoms with Crippen LogP contribution in [0.3, 0.4) is 0 Å². The van der Waals surface area contributed by atoms with E-state index in [1.165, 1.54) is 7.11 Å². The molecule has 0 aliphatic heterocycles. The molecule has 0 fully saturated rings. The van der Waals surface area contributed by atoms with Crippen LogP contribution in [-0.4, -0.2) is 13.7 Å². The third-order valence-electron chi connectivity index (χ3n) is 1.61. The Hall–Kier alpha value is -1.32. The van der Waals surface area contributed by atoms with E-state index in [-0.39, 0.29) is 11.4 Å². The van der Waals surface area contributed by atoms with Gasteiger partial charge >= 0.3 is 0 Å². The molecule has 72 valence electrons. The lowest BCUT2D eigenvalue weighted by molar-refractivity contribution is 0.383. The molecular formula is C9H11F2NO. The van der Waals surface area contributed by atoms with E-state index in [1.54, 1.807) is 0 Å². The van der Waals surface area contributed by atoms with Crippen molar-refractivity contribution in [1.29, 1.82) is 0 Å². The van der Waals surface area contributed by atoms with Gasteiger partial charge in [-0.2, -0.15) is 0 Å². The summed E-state index contributed by atoms with van der Waals surface area (Å²) in [5.74, 6) is -1.17. The monoisotopic (exact) mass is 187 g/mol. The summed E-state index contributed by atoms with van der Waals surface area (Å²) in [6.07, 6.45) is 0. The molecule has 0 spiro atoms. The lowest BCUT2D eigenvalue weighted by atomic mass is 10.2. The van der Waals surface area contributed by atoms with Crippen molar-refractivity contribution >= 4 is 5.69 Å². The second kappa shape index (κ2) is 4.07. The fourth-order valence-electron chi connectivity index (χ4n) is 1.01. The minimum absolute atomic E-state index is 0.0841. The van der Waals surface area contributed by atoms with Gasteiger partial charge in [0, 0.05) is 18.7 Å². The van der Waals surface area contributed by atoms with Crippen molar-refractivity contribution in [2.75, 3.05) is 19.0 Å². The zero-order valence-corrected chi connectivity index (χ0v) is 7.53. The van der Waals surface area contributed by atoms with E-state index in [0.717, 1.165) is 12.1 Å². The van der Waals surface area contributed by atoms with Crippen LogP contribution in [0.25, 0.3) is 0 Å². The molecule has 13 heavy (non-hydrogen) atoms. The molecule has 0 aliphatic rings. The van der Waals surface area contributed by atoms with Gasteiger partial charge in [-0.1, -0.05) is 0 Å². The third-order valence-corrected chi connectivity index (χ3v) is 1.61. The number of methoxy groups -OCH3 is 1. The highest BCUT2D eigenvalue weighted by atomic mass is 19.1. The van der Waals surface area contributed by atoms with Crippen LogP contribution in [0.4, 0.5) is 14.5 Å². The van der Waals surface area contributed by atoms with Gasteiger partial charge in [0.25, 0.3) is 0 Å². The second-order valence-corrected chi connectivity index (χ2v) is 2.50. The number of halogens is 2. The molecule has 1 aromatic rings. The van der Waals surface area contributed by atoms with Gasteiger partial charge in [-0.05, 0) is 6.92 Å². The topological polar surface area (TPSA) is 21.3 Å². The number of anilines is 1. The highest BCUT2D eigenvalue weighted by Gasteiger charge is 2.08. The number of hydrogen-bond donors (Lipinski definition) is 1. The summed E-state index contributed by atoms with van der Waals surface area (Å²) in [7, 11) is 1.30. The van der Waals surface area contributed by atoms with Crippen LogP contribution < -0.4 is 10.1 Å². The Balaban J connectivity index is 3.05. The molecule has 1 N–H and O–H groups in total. The number of nitrogens with one attached hydrogen (secondary N) is 1. The molecule has 0 aromatic heterocycles. The molecule has 0 saturated carbocycles. The summed E-state index contributed by atoms with van der Waals surface area (Å²) in [4.78, 5) is 0. The SMILES string of the molecule is CCNc1cc(F)c(OC)cc1F. The van der Waals surface area contributed by atoms with Crippen molar-refractivity contribution in [2.45, 2.75) is 6.92 Å². The Morgan fingerprint density at radius 3 is 2.54 bits per heavy atom. The highest BCUT2D eigenvalue weighted by Crippen LogP contribution is 2.24. The van der Waals surface area contributed by atoms with E-state index in [1.807, 2.05) is 6.92 Å². The van der Waals surface area contributed by atoms with Gasteiger partial charge < -0.3 is 10.1 Å². The fraction of sp³-hybridized carbons (Fsp3) is 0.333. The third kappa shape index (κ3) is 2.08. The van der Waals surface area contributed by atoms with Gasteiger partial charge in [0.15, 0.2) is 11.6 Å². The molecule has 4 heteroatoms. The van der Waals surface area contributed by atoms with Crippen LogP contribution in [0, 0.1) is 11.6 Å². The first-order chi connectivity index (χ1) is 6.19. The second-order valence-electron chi connectivity index (χ2n) is 2.50. The largest absolute Gasteiger partial charge is 0.494 e. The van der Waals surface area contributed by atoms with Crippen molar-refractivity contribution in [3.63, 3.8) is 0 Å². The molecule has 2 nitrogen and oxygen atoms in total. The Labute approximate surface area is 75.5 Å². The molecule has 0 aliphatic carbocycles. The smallest absolute Gasteiger partial charge is 0.167 e. The summed E-state index contributed by atoms with van der Waals surface area (Å²) in [6, 6.07) is 2.10. The number of hydrogen-bond acceptors (Lipinski definition) is 2. The average Bonchev–Trinajstić information content (AvgIpc) is 2.11. The Bertz CT molecular complexity index is 302. The maximum atomic E-state index is 13.1. The molecule has 0 radical (unpaired) electrons. The first-order valence-corrected chi connectivity index (χ1v) is 3.96. The van der Waals surface area contributed by atoms with Crippen molar-refractivity contribution in [1.82, 2.24) is 0 Å². The standard InChI is InChI=1S/C9H11F2NO/c1-3-12-8-4-7(11)9(13-2)5-6(8)10/h4-5,12H,3H2,1-2H3. The first kappa shape index (κ1) is 9.77. The van der Waals surface area contributed by atoms with Crippen molar-refractivity contribution in [2.24, 2.45) is 0 Å². The van der Waals surface area contributed by atoms with Gasteiger partial charge in [-0.15, -0.1) is 0 Å². The van der Waals surface area contributed by atoms with Gasteiger partial charge in [0.05, 0.1) is 12.8 Å². The molecular weight excluding hydrogens is 176 g/mol. The van der Waals surface area contributed by atoms with Crippen molar-refractivity contribution < 1.29 is 13.5 Å². The Kier molecular flexibility index (Phi) is 3.06. The van der Waals surface area contributed by atoms with Crippen LogP contribution >= 0.6 is 0 Å². The molecule has 1 aromatic carbocycles. The molecule has 0 amide bonds. The molecule has 0 bridgehead atoms. The number of benzene rings is 1. The average molecular weight is 187 g/mol. The molecule has 0 atom stereocenters. The van der Waals surface area contributed by atoms with Gasteiger partial charge in [-0.3, -0.25) is 0 Å². The van der Waals surface area contributed by atoms with Crippen LogP contribution in [0.2, 0.25) is 0 Å². The summed E-state index contributed by atoms with van der Waals surface area (Å²) in [6.45, 7) is 2.35. The van der Waals surface area contributed by atoms with Crippen LogP contribution in [0.1, 0.15) is 6.92 Å². The molecule has 0 unspecified atom stereocenters. The lowest BCUT2D eigenvalue weighted by Crippen LogP contribution is -2.01. The van der Waals surface area contributed by atoms with Gasteiger partial charge in [-0.25, -0.2) is 8.78 Å². The highest BCUT2D eigenvalue weighted by molar-refractivity contribution is 5.48. The maximum absolute atomic E-state index is 13.1. The number of rotatable bonds is 3. The number of ether oxygens (including phenoxy) is 1. The van der Waals surface area contributed by atoms with E-state index in [0.29, 0.717) is 6.54 Å². The van der Waals surface area contributed by atoms with Crippen molar-refractivity contribution in [3.8, 4) is 5.75 Å². The minimum Gasteiger partial charge on any atom is -0.494 e. The summed E-state index contributed by atoms with van der Waals surface area (Å²) in [5.41, 5.74) is 0.154. The Morgan fingerprint density at radius 2 is 2.00 bits per heavy atom. The zero-order valence-electron chi connectivity index (χ0n) is 7.53. The normalized spacial score (nSPS) is 9.85. The van der Waals surface area contributed by atoms with E-state index < -0.39 is 11.6 Å². The van der Waals surface area contributed by atoms with Crippen LogP contribution in [-0.2, 0) is 0 Å². The van der Waals surface area contributed by atoms with Crippen LogP contribution in [0.5, 0.6) is 5.75 Å². The van der Waals surface area contributed by atoms with Crippen LogP contribution in [0.15, 0.2) is 12.1 Å². The first-order valence-electron chi connectivity index (χ1n) is 3.96. The summed E-state index contributed by atoms with van der Waals surface area (Å²) < 4.78 is 30.7. The summed E-state index contributed by atoms with van der Waals surface area (Å²) >= 11 is 0. The predicted octanol–water partition coefficient (Wildman–Crippen LogP) is 2.41. The molecule has 0 saturated heterocycles. The zero-order chi connectivity index (χ0) is 9.84. The Morgan fingerprint density at radius 1 is 1.31 bits per heavy atom. The van der Waals surface area contributed by atoms with E-state index in [9.17, 15) is 8.78 Å². The predicted molar refractivity (Wildman–Crippen MR) is 47.1 cm³/mol. The quantitative estimate of drug-likeness (QED) is 0.784. The van der Waals surface area contributed by atoms with E-state index in [2.05, 4.69) is 10.1 Å². The fourth-order valence-corrected chi connectivity index (χ4v) is 1.01. The van der Waals surface area contributed by atoms with Crippen molar-refractivity contribution in [3.05, 3.63) is 23.8 Å². The van der Waals surface area contributed by atoms with E-state index in [4.69, 9.17) is 0 Å².